The van der Waals surface area contributed by atoms with Crippen LogP contribution in [0.15, 0.2) is 40.8 Å². The molecule has 0 spiro atoms. The molecular formula is C11H9N3O2S. The van der Waals surface area contributed by atoms with E-state index in [1.54, 1.807) is 24.7 Å². The summed E-state index contributed by atoms with van der Waals surface area (Å²) in [4.78, 5) is 23.6. The molecule has 0 aliphatic rings. The third kappa shape index (κ3) is 2.79. The maximum atomic E-state index is 11.0. The lowest BCUT2D eigenvalue weighted by Crippen LogP contribution is -2.01. The SMILES string of the molecule is Cc1cc(Sc2cnccn2)c(C(=O)O)cn1. The first-order chi connectivity index (χ1) is 8.16. The van der Waals surface area contributed by atoms with Gasteiger partial charge in [-0.15, -0.1) is 0 Å². The first kappa shape index (κ1) is 11.5. The summed E-state index contributed by atoms with van der Waals surface area (Å²) in [6.07, 6.45) is 6.08. The van der Waals surface area contributed by atoms with E-state index in [0.717, 1.165) is 5.69 Å². The van der Waals surface area contributed by atoms with E-state index >= 15 is 0 Å². The quantitative estimate of drug-likeness (QED) is 0.894. The van der Waals surface area contributed by atoms with Crippen molar-refractivity contribution in [1.29, 1.82) is 0 Å². The molecule has 17 heavy (non-hydrogen) atoms. The van der Waals surface area contributed by atoms with Gasteiger partial charge in [0.1, 0.15) is 5.03 Å². The van der Waals surface area contributed by atoms with E-state index in [9.17, 15) is 4.79 Å². The van der Waals surface area contributed by atoms with Crippen molar-refractivity contribution in [3.8, 4) is 0 Å². The number of nitrogens with zero attached hydrogens (tertiary/aromatic N) is 3. The van der Waals surface area contributed by atoms with Gasteiger partial charge in [-0.3, -0.25) is 9.97 Å². The van der Waals surface area contributed by atoms with Gasteiger partial charge in [-0.25, -0.2) is 9.78 Å². The van der Waals surface area contributed by atoms with Crippen molar-refractivity contribution >= 4 is 17.7 Å². The molecule has 0 saturated carbocycles. The smallest absolute Gasteiger partial charge is 0.338 e. The summed E-state index contributed by atoms with van der Waals surface area (Å²) < 4.78 is 0. The van der Waals surface area contributed by atoms with Crippen LogP contribution in [0.5, 0.6) is 0 Å². The second-order valence-electron chi connectivity index (χ2n) is 3.27. The van der Waals surface area contributed by atoms with Gasteiger partial charge in [0.2, 0.25) is 0 Å². The molecule has 5 nitrogen and oxygen atoms in total. The lowest BCUT2D eigenvalue weighted by atomic mass is 10.2. The van der Waals surface area contributed by atoms with Crippen LogP contribution in [0, 0.1) is 6.92 Å². The molecule has 2 aromatic rings. The monoisotopic (exact) mass is 247 g/mol. The second-order valence-corrected chi connectivity index (χ2v) is 4.33. The summed E-state index contributed by atoms with van der Waals surface area (Å²) in [5.41, 5.74) is 0.938. The van der Waals surface area contributed by atoms with Gasteiger partial charge in [0.05, 0.1) is 11.8 Å². The molecule has 0 amide bonds. The average molecular weight is 247 g/mol. The molecule has 2 aromatic heterocycles. The first-order valence-corrected chi connectivity index (χ1v) is 5.62. The van der Waals surface area contributed by atoms with Crippen LogP contribution in [-0.4, -0.2) is 26.0 Å². The molecule has 0 saturated heterocycles. The largest absolute Gasteiger partial charge is 0.478 e. The van der Waals surface area contributed by atoms with E-state index in [2.05, 4.69) is 15.0 Å². The number of aromatic carboxylic acids is 1. The van der Waals surface area contributed by atoms with Crippen LogP contribution in [0.4, 0.5) is 0 Å². The van der Waals surface area contributed by atoms with Crippen LogP contribution < -0.4 is 0 Å². The van der Waals surface area contributed by atoms with Crippen LogP contribution >= 0.6 is 11.8 Å². The van der Waals surface area contributed by atoms with Crippen molar-refractivity contribution < 1.29 is 9.90 Å². The normalized spacial score (nSPS) is 10.2. The van der Waals surface area contributed by atoms with Gasteiger partial charge in [-0.05, 0) is 13.0 Å². The van der Waals surface area contributed by atoms with Crippen LogP contribution in [0.1, 0.15) is 16.1 Å². The van der Waals surface area contributed by atoms with Gasteiger partial charge >= 0.3 is 5.97 Å². The topological polar surface area (TPSA) is 76.0 Å². The van der Waals surface area contributed by atoms with Crippen molar-refractivity contribution in [2.45, 2.75) is 16.8 Å². The molecule has 0 bridgehead atoms. The van der Waals surface area contributed by atoms with Crippen LogP contribution in [0.2, 0.25) is 0 Å². The van der Waals surface area contributed by atoms with E-state index in [-0.39, 0.29) is 5.56 Å². The third-order valence-electron chi connectivity index (χ3n) is 1.99. The minimum absolute atomic E-state index is 0.172. The zero-order valence-corrected chi connectivity index (χ0v) is 9.81. The van der Waals surface area contributed by atoms with E-state index in [0.29, 0.717) is 9.92 Å². The van der Waals surface area contributed by atoms with Crippen LogP contribution in [0.3, 0.4) is 0 Å². The van der Waals surface area contributed by atoms with Crippen LogP contribution in [-0.2, 0) is 0 Å². The predicted molar refractivity (Wildman–Crippen MR) is 62.1 cm³/mol. The molecule has 0 aromatic carbocycles. The van der Waals surface area contributed by atoms with Gasteiger partial charge in [-0.1, -0.05) is 11.8 Å². The number of hydrogen-bond donors (Lipinski definition) is 1. The van der Waals surface area contributed by atoms with E-state index < -0.39 is 5.97 Å². The summed E-state index contributed by atoms with van der Waals surface area (Å²) >= 11 is 1.26. The Labute approximate surface area is 102 Å². The number of carbonyl (C=O) groups is 1. The molecule has 0 aliphatic carbocycles. The lowest BCUT2D eigenvalue weighted by Gasteiger charge is -2.05. The van der Waals surface area contributed by atoms with Gasteiger partial charge in [0.15, 0.2) is 0 Å². The highest BCUT2D eigenvalue weighted by Crippen LogP contribution is 2.28. The maximum Gasteiger partial charge on any atom is 0.338 e. The summed E-state index contributed by atoms with van der Waals surface area (Å²) in [5.74, 6) is -0.996. The first-order valence-electron chi connectivity index (χ1n) is 4.80. The zero-order chi connectivity index (χ0) is 12.3. The van der Waals surface area contributed by atoms with Crippen molar-refractivity contribution in [2.24, 2.45) is 0 Å². The standard InChI is InChI=1S/C11H9N3O2S/c1-7-4-9(8(5-14-7)11(15)16)17-10-6-12-2-3-13-10/h2-6H,1H3,(H,15,16). The Morgan fingerprint density at radius 1 is 1.29 bits per heavy atom. The van der Waals surface area contributed by atoms with E-state index in [1.807, 2.05) is 6.92 Å². The Hall–Kier alpha value is -1.95. The van der Waals surface area contributed by atoms with Gasteiger partial charge in [0.25, 0.3) is 0 Å². The number of rotatable bonds is 3. The molecule has 6 heteroatoms. The highest BCUT2D eigenvalue weighted by molar-refractivity contribution is 7.99. The third-order valence-corrected chi connectivity index (χ3v) is 2.96. The van der Waals surface area contributed by atoms with Gasteiger partial charge in [-0.2, -0.15) is 0 Å². The summed E-state index contributed by atoms with van der Waals surface area (Å²) in [7, 11) is 0. The molecule has 2 rings (SSSR count). The van der Waals surface area contributed by atoms with Crippen molar-refractivity contribution in [3.63, 3.8) is 0 Å². The van der Waals surface area contributed by atoms with Crippen molar-refractivity contribution in [2.75, 3.05) is 0 Å². The fourth-order valence-corrected chi connectivity index (χ4v) is 2.16. The lowest BCUT2D eigenvalue weighted by molar-refractivity contribution is 0.0692. The predicted octanol–water partition coefficient (Wildman–Crippen LogP) is 2.03. The van der Waals surface area contributed by atoms with E-state index in [1.165, 1.54) is 18.0 Å². The zero-order valence-electron chi connectivity index (χ0n) is 8.99. The average Bonchev–Trinajstić information content (AvgIpc) is 2.30. The van der Waals surface area contributed by atoms with Crippen molar-refractivity contribution in [1.82, 2.24) is 15.0 Å². The molecule has 0 fully saturated rings. The Bertz CT molecular complexity index is 546. The number of carboxylic acids is 1. The molecule has 0 radical (unpaired) electrons. The van der Waals surface area contributed by atoms with E-state index in [4.69, 9.17) is 5.11 Å². The molecule has 0 unspecified atom stereocenters. The fraction of sp³-hybridized carbons (Fsp3) is 0.0909. The Morgan fingerprint density at radius 3 is 2.76 bits per heavy atom. The molecule has 1 N–H and O–H groups in total. The van der Waals surface area contributed by atoms with Crippen LogP contribution in [0.25, 0.3) is 0 Å². The van der Waals surface area contributed by atoms with Gasteiger partial charge < -0.3 is 5.11 Å². The Balaban J connectivity index is 2.37. The number of hydrogen-bond acceptors (Lipinski definition) is 5. The number of pyridine rings is 1. The molecule has 86 valence electrons. The minimum atomic E-state index is -0.996. The van der Waals surface area contributed by atoms with Crippen molar-refractivity contribution in [3.05, 3.63) is 42.1 Å². The summed E-state index contributed by atoms with van der Waals surface area (Å²) in [6.45, 7) is 1.81. The molecule has 0 atom stereocenters. The summed E-state index contributed by atoms with van der Waals surface area (Å²) in [6, 6.07) is 1.72. The maximum absolute atomic E-state index is 11.0. The fourth-order valence-electron chi connectivity index (χ4n) is 1.23. The summed E-state index contributed by atoms with van der Waals surface area (Å²) in [5, 5.41) is 9.70. The molecular weight excluding hydrogens is 238 g/mol. The number of aromatic nitrogens is 3. The number of aryl methyl sites for hydroxylation is 1. The molecule has 2 heterocycles. The molecule has 0 aliphatic heterocycles. The Morgan fingerprint density at radius 2 is 2.12 bits per heavy atom. The second kappa shape index (κ2) is 4.92. The number of carboxylic acid groups (broad SMARTS) is 1. The Kier molecular flexibility index (Phi) is 3.34. The minimum Gasteiger partial charge on any atom is -0.478 e. The highest BCUT2D eigenvalue weighted by Gasteiger charge is 2.12. The highest BCUT2D eigenvalue weighted by atomic mass is 32.2. The van der Waals surface area contributed by atoms with Gasteiger partial charge in [0, 0.05) is 29.2 Å².